The van der Waals surface area contributed by atoms with Crippen LogP contribution in [0.2, 0.25) is 0 Å². The lowest BCUT2D eigenvalue weighted by atomic mass is 9.71. The van der Waals surface area contributed by atoms with Gasteiger partial charge in [-0.3, -0.25) is 4.72 Å². The van der Waals surface area contributed by atoms with Gasteiger partial charge < -0.3 is 4.42 Å². The van der Waals surface area contributed by atoms with E-state index in [2.05, 4.69) is 25.5 Å². The fourth-order valence-electron chi connectivity index (χ4n) is 4.52. The third-order valence-electron chi connectivity index (χ3n) is 6.60. The molecule has 4 nitrogen and oxygen atoms in total. The van der Waals surface area contributed by atoms with Crippen molar-refractivity contribution in [1.29, 1.82) is 0 Å². The lowest BCUT2D eigenvalue weighted by molar-refractivity contribution is 0.210. The van der Waals surface area contributed by atoms with Gasteiger partial charge in [0.25, 0.3) is 10.0 Å². The van der Waals surface area contributed by atoms with Gasteiger partial charge in [-0.15, -0.1) is 0 Å². The van der Waals surface area contributed by atoms with Gasteiger partial charge in [-0.2, -0.15) is 0 Å². The Labute approximate surface area is 179 Å². The zero-order valence-electron chi connectivity index (χ0n) is 18.7. The summed E-state index contributed by atoms with van der Waals surface area (Å²) in [5, 5.41) is 1.02. The zero-order chi connectivity index (χ0) is 21.8. The number of hydrogen-bond donors (Lipinski definition) is 1. The summed E-state index contributed by atoms with van der Waals surface area (Å²) < 4.78 is 35.1. The Morgan fingerprint density at radius 3 is 2.40 bits per heavy atom. The van der Waals surface area contributed by atoms with Crippen LogP contribution >= 0.6 is 0 Å². The van der Waals surface area contributed by atoms with Gasteiger partial charge >= 0.3 is 0 Å². The van der Waals surface area contributed by atoms with Gasteiger partial charge in [0, 0.05) is 23.1 Å². The van der Waals surface area contributed by atoms with Crippen LogP contribution in [0, 0.1) is 32.1 Å². The molecule has 0 spiro atoms. The van der Waals surface area contributed by atoms with Crippen molar-refractivity contribution in [2.24, 2.45) is 11.3 Å². The molecular weight excluding hydrogens is 394 g/mol. The van der Waals surface area contributed by atoms with Crippen LogP contribution in [-0.4, -0.2) is 8.42 Å². The molecule has 160 valence electrons. The average molecular weight is 426 g/mol. The van der Waals surface area contributed by atoms with Crippen molar-refractivity contribution in [3.63, 3.8) is 0 Å². The van der Waals surface area contributed by atoms with Crippen molar-refractivity contribution in [3.8, 4) is 0 Å². The van der Waals surface area contributed by atoms with Crippen LogP contribution in [0.3, 0.4) is 0 Å². The molecule has 0 saturated carbocycles. The Morgan fingerprint density at radius 1 is 1.00 bits per heavy atom. The summed E-state index contributed by atoms with van der Waals surface area (Å²) >= 11 is 0. The van der Waals surface area contributed by atoms with E-state index < -0.39 is 10.0 Å². The smallest absolute Gasteiger partial charge is 0.262 e. The minimum absolute atomic E-state index is 0.237. The molecule has 0 amide bonds. The van der Waals surface area contributed by atoms with Crippen LogP contribution in [0.15, 0.2) is 39.6 Å². The molecule has 4 rings (SSSR count). The predicted molar refractivity (Wildman–Crippen MR) is 123 cm³/mol. The summed E-state index contributed by atoms with van der Waals surface area (Å²) in [5.74, 6) is 1.64. The first-order valence-corrected chi connectivity index (χ1v) is 12.1. The van der Waals surface area contributed by atoms with E-state index in [9.17, 15) is 8.42 Å². The number of furan rings is 1. The van der Waals surface area contributed by atoms with Gasteiger partial charge in [-0.1, -0.05) is 26.8 Å². The van der Waals surface area contributed by atoms with E-state index in [0.29, 0.717) is 16.5 Å². The summed E-state index contributed by atoms with van der Waals surface area (Å²) in [6.07, 6.45) is 3.04. The van der Waals surface area contributed by atoms with Gasteiger partial charge in [-0.05, 0) is 85.9 Å². The minimum Gasteiger partial charge on any atom is -0.461 e. The van der Waals surface area contributed by atoms with Crippen LogP contribution in [0.4, 0.5) is 5.69 Å². The molecule has 0 saturated heterocycles. The highest BCUT2D eigenvalue weighted by Crippen LogP contribution is 2.41. The number of hydrogen-bond acceptors (Lipinski definition) is 3. The number of benzene rings is 2. The van der Waals surface area contributed by atoms with Crippen LogP contribution in [0.5, 0.6) is 0 Å². The second-order valence-electron chi connectivity index (χ2n) is 9.83. The van der Waals surface area contributed by atoms with Gasteiger partial charge in [0.1, 0.15) is 11.3 Å². The fraction of sp³-hybridized carbons (Fsp3) is 0.440. The summed E-state index contributed by atoms with van der Waals surface area (Å²) in [5.41, 5.74) is 5.68. The molecule has 0 unspecified atom stereocenters. The lowest BCUT2D eigenvalue weighted by Crippen LogP contribution is -2.26. The van der Waals surface area contributed by atoms with E-state index >= 15 is 0 Å². The van der Waals surface area contributed by atoms with Crippen LogP contribution in [-0.2, 0) is 22.9 Å². The van der Waals surface area contributed by atoms with E-state index in [1.54, 1.807) is 12.1 Å². The molecule has 2 aromatic carbocycles. The fourth-order valence-corrected chi connectivity index (χ4v) is 5.88. The first-order valence-electron chi connectivity index (χ1n) is 10.6. The van der Waals surface area contributed by atoms with E-state index in [0.717, 1.165) is 52.7 Å². The number of rotatable bonds is 3. The number of nitrogens with one attached hydrogen (secondary N) is 1. The maximum atomic E-state index is 13.1. The highest BCUT2D eigenvalue weighted by Gasteiger charge is 2.31. The number of aryl methyl sites for hydroxylation is 4. The maximum Gasteiger partial charge on any atom is 0.262 e. The largest absolute Gasteiger partial charge is 0.461 e. The molecule has 0 aliphatic heterocycles. The quantitative estimate of drug-likeness (QED) is 0.535. The third kappa shape index (κ3) is 3.76. The second kappa shape index (κ2) is 7.16. The summed E-state index contributed by atoms with van der Waals surface area (Å²) in [7, 11) is -3.67. The van der Waals surface area contributed by atoms with Gasteiger partial charge in [0.05, 0.1) is 4.90 Å². The molecule has 1 N–H and O–H groups in total. The molecule has 1 aliphatic rings. The van der Waals surface area contributed by atoms with E-state index in [4.69, 9.17) is 4.42 Å². The highest BCUT2D eigenvalue weighted by atomic mass is 32.2. The molecule has 1 heterocycles. The van der Waals surface area contributed by atoms with E-state index in [1.165, 1.54) is 5.56 Å². The van der Waals surface area contributed by atoms with Crippen molar-refractivity contribution in [3.05, 3.63) is 58.3 Å². The topological polar surface area (TPSA) is 59.3 Å². The molecule has 0 fully saturated rings. The van der Waals surface area contributed by atoms with Crippen molar-refractivity contribution in [2.45, 2.75) is 65.7 Å². The number of fused-ring (bicyclic) bond motifs is 3. The Bertz CT molecular complexity index is 1230. The van der Waals surface area contributed by atoms with Crippen molar-refractivity contribution >= 4 is 26.7 Å². The average Bonchev–Trinajstić information content (AvgIpc) is 3.01. The molecule has 1 atom stereocenters. The zero-order valence-corrected chi connectivity index (χ0v) is 19.5. The van der Waals surface area contributed by atoms with Crippen molar-refractivity contribution in [2.75, 3.05) is 4.72 Å². The molecule has 1 aliphatic carbocycles. The Balaban J connectivity index is 1.70. The second-order valence-corrected chi connectivity index (χ2v) is 11.5. The SMILES string of the molecule is Cc1cc(C)c(S(=O)(=O)Nc2ccc3oc4c(c3c2)C[C@H](C(C)(C)C)CC4)cc1C. The highest BCUT2D eigenvalue weighted by molar-refractivity contribution is 7.92. The van der Waals surface area contributed by atoms with Crippen molar-refractivity contribution < 1.29 is 12.8 Å². The first-order chi connectivity index (χ1) is 14.0. The molecule has 1 aromatic heterocycles. The van der Waals surface area contributed by atoms with Crippen molar-refractivity contribution in [1.82, 2.24) is 0 Å². The monoisotopic (exact) mass is 425 g/mol. The molecule has 0 bridgehead atoms. The summed E-state index contributed by atoms with van der Waals surface area (Å²) in [6, 6.07) is 9.26. The number of anilines is 1. The summed E-state index contributed by atoms with van der Waals surface area (Å²) in [6.45, 7) is 12.6. The Kier molecular flexibility index (Phi) is 5.00. The molecule has 0 radical (unpaired) electrons. The third-order valence-corrected chi connectivity index (χ3v) is 8.13. The first kappa shape index (κ1) is 21.0. The van der Waals surface area contributed by atoms with Crippen LogP contribution < -0.4 is 4.72 Å². The standard InChI is InChI=1S/C25H31NO3S/c1-15-11-17(3)24(12-16(15)2)30(27,28)26-19-8-10-23-21(14-19)20-13-18(25(4,5)6)7-9-22(20)29-23/h8,10-12,14,18,26H,7,9,13H2,1-6H3/t18-/m1/s1. The summed E-state index contributed by atoms with van der Waals surface area (Å²) in [4.78, 5) is 0.327. The van der Waals surface area contributed by atoms with Crippen LogP contribution in [0.1, 0.15) is 55.2 Å². The van der Waals surface area contributed by atoms with Crippen LogP contribution in [0.25, 0.3) is 11.0 Å². The van der Waals surface area contributed by atoms with Gasteiger partial charge in [0.15, 0.2) is 0 Å². The predicted octanol–water partition coefficient (Wildman–Crippen LogP) is 6.31. The normalized spacial score (nSPS) is 17.2. The molecular formula is C25H31NO3S. The molecule has 30 heavy (non-hydrogen) atoms. The Hall–Kier alpha value is -2.27. The maximum absolute atomic E-state index is 13.1. The Morgan fingerprint density at radius 2 is 1.70 bits per heavy atom. The lowest BCUT2D eigenvalue weighted by Gasteiger charge is -2.33. The minimum atomic E-state index is -3.67. The molecule has 3 aromatic rings. The molecule has 5 heteroatoms. The number of sulfonamides is 1. The van der Waals surface area contributed by atoms with E-state index in [1.807, 2.05) is 39.0 Å². The van der Waals surface area contributed by atoms with Gasteiger partial charge in [0.2, 0.25) is 0 Å². The van der Waals surface area contributed by atoms with E-state index in [-0.39, 0.29) is 5.41 Å². The van der Waals surface area contributed by atoms with Gasteiger partial charge in [-0.25, -0.2) is 8.42 Å².